The minimum absolute atomic E-state index is 0.0240. The van der Waals surface area contributed by atoms with Crippen LogP contribution in [0.25, 0.3) is 10.9 Å². The number of H-pyrrole nitrogens is 1. The molecule has 2 heterocycles. The molecule has 4 aromatic rings. The number of fused-ring (bicyclic) bond motifs is 1. The number of nitrogens with zero attached hydrogens (tertiary/aromatic N) is 1. The van der Waals surface area contributed by atoms with Crippen LogP contribution in [-0.2, 0) is 6.18 Å². The van der Waals surface area contributed by atoms with Gasteiger partial charge in [-0.25, -0.2) is 0 Å². The van der Waals surface area contributed by atoms with E-state index in [2.05, 4.69) is 15.5 Å². The molecule has 0 radical (unpaired) electrons. The molecular formula is C25H22F3N3O3. The van der Waals surface area contributed by atoms with Gasteiger partial charge >= 0.3 is 6.18 Å². The molecule has 1 amide bonds. The minimum Gasteiger partial charge on any atom is -0.490 e. The number of carbonyl (C=O) groups excluding carboxylic acids is 1. The molecule has 2 aromatic carbocycles. The zero-order valence-corrected chi connectivity index (χ0v) is 18.5. The second-order valence-electron chi connectivity index (χ2n) is 8.59. The van der Waals surface area contributed by atoms with Crippen molar-refractivity contribution in [1.29, 1.82) is 0 Å². The first kappa shape index (κ1) is 22.1. The van der Waals surface area contributed by atoms with Crippen molar-refractivity contribution in [2.75, 3.05) is 5.32 Å². The Kier molecular flexibility index (Phi) is 5.34. The van der Waals surface area contributed by atoms with E-state index in [1.165, 1.54) is 0 Å². The van der Waals surface area contributed by atoms with Crippen LogP contribution in [0.2, 0.25) is 0 Å². The van der Waals surface area contributed by atoms with Crippen molar-refractivity contribution >= 4 is 22.5 Å². The Morgan fingerprint density at radius 3 is 2.53 bits per heavy atom. The molecule has 0 unspecified atom stereocenters. The molecule has 2 N–H and O–H groups in total. The van der Waals surface area contributed by atoms with Gasteiger partial charge in [0.05, 0.1) is 23.0 Å². The smallest absolute Gasteiger partial charge is 0.416 e. The normalized spacial score (nSPS) is 18.0. The van der Waals surface area contributed by atoms with Crippen LogP contribution in [0.5, 0.6) is 5.75 Å². The molecule has 176 valence electrons. The van der Waals surface area contributed by atoms with Crippen LogP contribution in [0.4, 0.5) is 18.9 Å². The summed E-state index contributed by atoms with van der Waals surface area (Å²) in [6.07, 6.45) is -1.18. The molecule has 1 aliphatic carbocycles. The Hall–Kier alpha value is -3.75. The number of hydrogen-bond donors (Lipinski definition) is 2. The van der Waals surface area contributed by atoms with E-state index in [1.54, 1.807) is 32.2 Å². The molecule has 5 rings (SSSR count). The third kappa shape index (κ3) is 4.13. The van der Waals surface area contributed by atoms with E-state index in [0.29, 0.717) is 28.5 Å². The number of alkyl halides is 3. The highest BCUT2D eigenvalue weighted by molar-refractivity contribution is 6.10. The molecule has 1 saturated carbocycles. The average molecular weight is 469 g/mol. The molecule has 1 fully saturated rings. The fourth-order valence-electron chi connectivity index (χ4n) is 4.34. The molecule has 6 nitrogen and oxygen atoms in total. The Morgan fingerprint density at radius 2 is 1.88 bits per heavy atom. The fourth-order valence-corrected chi connectivity index (χ4v) is 4.34. The van der Waals surface area contributed by atoms with Crippen LogP contribution in [-0.4, -0.2) is 22.2 Å². The number of nitrogens with one attached hydrogen (secondary N) is 2. The highest BCUT2D eigenvalue weighted by Gasteiger charge is 2.34. The average Bonchev–Trinajstić information content (AvgIpc) is 3.32. The first-order valence-electron chi connectivity index (χ1n) is 10.9. The van der Waals surface area contributed by atoms with Crippen LogP contribution >= 0.6 is 0 Å². The maximum atomic E-state index is 12.8. The van der Waals surface area contributed by atoms with Crippen LogP contribution in [0.15, 0.2) is 53.2 Å². The van der Waals surface area contributed by atoms with E-state index in [4.69, 9.17) is 9.26 Å². The monoisotopic (exact) mass is 469 g/mol. The lowest BCUT2D eigenvalue weighted by Crippen LogP contribution is -2.32. The van der Waals surface area contributed by atoms with Gasteiger partial charge in [-0.1, -0.05) is 17.3 Å². The van der Waals surface area contributed by atoms with E-state index < -0.39 is 11.7 Å². The predicted octanol–water partition coefficient (Wildman–Crippen LogP) is 6.37. The topological polar surface area (TPSA) is 80.2 Å². The lowest BCUT2D eigenvalue weighted by Gasteiger charge is -2.35. The first-order chi connectivity index (χ1) is 16.2. The van der Waals surface area contributed by atoms with Crippen LogP contribution in [0.1, 0.15) is 51.7 Å². The van der Waals surface area contributed by atoms with Gasteiger partial charge in [-0.3, -0.25) is 4.79 Å². The molecule has 0 saturated heterocycles. The zero-order chi connectivity index (χ0) is 24.0. The standard InChI is InChI=1S/C25H22F3N3O3/c1-13-23(14(2)34-31-13)24(32)30-22-12-29-21-8-7-18(11-20(21)22)33-19-9-16(10-19)15-3-5-17(6-4-15)25(26,27)28/h3-8,11-12,16,19,29H,9-10H2,1-2H3,(H,30,32)/t16-,19+. The van der Waals surface area contributed by atoms with Crippen LogP contribution in [0, 0.1) is 13.8 Å². The molecule has 0 bridgehead atoms. The number of carbonyl (C=O) groups is 1. The van der Waals surface area contributed by atoms with Gasteiger partial charge in [-0.15, -0.1) is 0 Å². The highest BCUT2D eigenvalue weighted by atomic mass is 19.4. The maximum absolute atomic E-state index is 12.8. The Balaban J connectivity index is 1.25. The predicted molar refractivity (Wildman–Crippen MR) is 120 cm³/mol. The van der Waals surface area contributed by atoms with Crippen molar-refractivity contribution in [2.45, 2.75) is 44.9 Å². The van der Waals surface area contributed by atoms with E-state index in [-0.39, 0.29) is 17.9 Å². The molecule has 0 aliphatic heterocycles. The maximum Gasteiger partial charge on any atom is 0.416 e. The van der Waals surface area contributed by atoms with Crippen molar-refractivity contribution in [3.63, 3.8) is 0 Å². The number of anilines is 1. The SMILES string of the molecule is Cc1noc(C)c1C(=O)Nc1c[nH]c2ccc(O[C@H]3C[C@@H](c4ccc(C(F)(F)F)cc4)C3)cc12. The third-order valence-corrected chi connectivity index (χ3v) is 6.27. The second-order valence-corrected chi connectivity index (χ2v) is 8.59. The number of ether oxygens (including phenoxy) is 1. The lowest BCUT2D eigenvalue weighted by atomic mass is 9.77. The fraction of sp³-hybridized carbons (Fsp3) is 0.280. The summed E-state index contributed by atoms with van der Waals surface area (Å²) in [6, 6.07) is 10.9. The highest BCUT2D eigenvalue weighted by Crippen LogP contribution is 2.41. The van der Waals surface area contributed by atoms with Crippen molar-refractivity contribution in [3.8, 4) is 5.75 Å². The van der Waals surface area contributed by atoms with Gasteiger partial charge in [0.1, 0.15) is 17.1 Å². The van der Waals surface area contributed by atoms with Gasteiger partial charge < -0.3 is 19.6 Å². The van der Waals surface area contributed by atoms with Gasteiger partial charge in [0.15, 0.2) is 0 Å². The van der Waals surface area contributed by atoms with Crippen molar-refractivity contribution in [1.82, 2.24) is 10.1 Å². The number of rotatable bonds is 5. The van der Waals surface area contributed by atoms with Gasteiger partial charge in [0.25, 0.3) is 5.91 Å². The second kappa shape index (κ2) is 8.23. The quantitative estimate of drug-likeness (QED) is 0.356. The Bertz CT molecular complexity index is 1330. The number of aryl methyl sites for hydroxylation is 2. The largest absolute Gasteiger partial charge is 0.490 e. The summed E-state index contributed by atoms with van der Waals surface area (Å²) < 4.78 is 49.5. The minimum atomic E-state index is -4.33. The summed E-state index contributed by atoms with van der Waals surface area (Å²) in [5, 5.41) is 7.52. The van der Waals surface area contributed by atoms with Crippen molar-refractivity contribution < 1.29 is 27.2 Å². The molecule has 0 spiro atoms. The van der Waals surface area contributed by atoms with E-state index in [9.17, 15) is 18.0 Å². The van der Waals surface area contributed by atoms with Gasteiger partial charge in [0.2, 0.25) is 0 Å². The number of aromatic amines is 1. The summed E-state index contributed by atoms with van der Waals surface area (Å²) in [4.78, 5) is 15.8. The summed E-state index contributed by atoms with van der Waals surface area (Å²) in [5.41, 5.74) is 2.63. The molecule has 9 heteroatoms. The molecule has 34 heavy (non-hydrogen) atoms. The Labute approximate surface area is 193 Å². The van der Waals surface area contributed by atoms with Crippen LogP contribution < -0.4 is 10.1 Å². The van der Waals surface area contributed by atoms with Crippen molar-refractivity contribution in [2.24, 2.45) is 0 Å². The number of halogens is 3. The van der Waals surface area contributed by atoms with E-state index >= 15 is 0 Å². The van der Waals surface area contributed by atoms with E-state index in [0.717, 1.165) is 41.4 Å². The van der Waals surface area contributed by atoms with E-state index in [1.807, 2.05) is 18.2 Å². The summed E-state index contributed by atoms with van der Waals surface area (Å²) in [7, 11) is 0. The summed E-state index contributed by atoms with van der Waals surface area (Å²) >= 11 is 0. The van der Waals surface area contributed by atoms with Gasteiger partial charge in [-0.05, 0) is 68.5 Å². The van der Waals surface area contributed by atoms with Gasteiger partial charge in [0, 0.05) is 17.1 Å². The Morgan fingerprint density at radius 1 is 1.15 bits per heavy atom. The number of amides is 1. The summed E-state index contributed by atoms with van der Waals surface area (Å²) in [5.74, 6) is 0.984. The van der Waals surface area contributed by atoms with Crippen LogP contribution in [0.3, 0.4) is 0 Å². The first-order valence-corrected chi connectivity index (χ1v) is 10.9. The number of benzene rings is 2. The third-order valence-electron chi connectivity index (χ3n) is 6.27. The summed E-state index contributed by atoms with van der Waals surface area (Å²) in [6.45, 7) is 3.40. The van der Waals surface area contributed by atoms with Gasteiger partial charge in [-0.2, -0.15) is 13.2 Å². The zero-order valence-electron chi connectivity index (χ0n) is 18.5. The number of hydrogen-bond acceptors (Lipinski definition) is 4. The van der Waals surface area contributed by atoms with Crippen molar-refractivity contribution in [3.05, 3.63) is 76.8 Å². The number of aromatic nitrogens is 2. The molecule has 0 atom stereocenters. The molecular weight excluding hydrogens is 447 g/mol. The lowest BCUT2D eigenvalue weighted by molar-refractivity contribution is -0.137. The molecule has 1 aliphatic rings. The molecule has 2 aromatic heterocycles.